The van der Waals surface area contributed by atoms with Gasteiger partial charge in [-0.15, -0.1) is 0 Å². The van der Waals surface area contributed by atoms with Crippen LogP contribution in [0.2, 0.25) is 0 Å². The van der Waals surface area contributed by atoms with Crippen molar-refractivity contribution in [2.45, 2.75) is 41.0 Å². The lowest BCUT2D eigenvalue weighted by atomic mass is 9.63. The summed E-state index contributed by atoms with van der Waals surface area (Å²) in [5, 5.41) is 2.51. The molecule has 2 unspecified atom stereocenters. The Labute approximate surface area is 152 Å². The molecule has 1 nitrogen and oxygen atoms in total. The van der Waals surface area contributed by atoms with E-state index < -0.39 is 0 Å². The second-order valence-corrected chi connectivity index (χ2v) is 7.74. The lowest BCUT2D eigenvalue weighted by Crippen LogP contribution is -2.32. The highest BCUT2D eigenvalue weighted by molar-refractivity contribution is 5.93. The minimum Gasteiger partial charge on any atom is -0.256 e. The quantitative estimate of drug-likeness (QED) is 0.560. The van der Waals surface area contributed by atoms with E-state index in [1.807, 2.05) is 6.20 Å². The van der Waals surface area contributed by atoms with Crippen molar-refractivity contribution in [2.75, 3.05) is 0 Å². The third-order valence-corrected chi connectivity index (χ3v) is 5.90. The molecule has 1 aliphatic rings. The molecule has 2 aromatic rings. The Kier molecular flexibility index (Phi) is 4.94. The van der Waals surface area contributed by atoms with Crippen LogP contribution in [0.3, 0.4) is 0 Å². The summed E-state index contributed by atoms with van der Waals surface area (Å²) < 4.78 is 0. The predicted octanol–water partition coefficient (Wildman–Crippen LogP) is 6.82. The van der Waals surface area contributed by atoms with Crippen LogP contribution in [-0.4, -0.2) is 4.98 Å². The zero-order valence-corrected chi connectivity index (χ0v) is 16.1. The summed E-state index contributed by atoms with van der Waals surface area (Å²) in [7, 11) is 0. The van der Waals surface area contributed by atoms with Gasteiger partial charge in [0.2, 0.25) is 0 Å². The van der Waals surface area contributed by atoms with Crippen LogP contribution in [0.4, 0.5) is 0 Å². The lowest BCUT2D eigenvalue weighted by Gasteiger charge is -2.41. The van der Waals surface area contributed by atoms with E-state index in [9.17, 15) is 0 Å². The maximum absolute atomic E-state index is 4.83. The number of aromatic nitrogens is 1. The first kappa shape index (κ1) is 17.7. The van der Waals surface area contributed by atoms with Gasteiger partial charge < -0.3 is 0 Å². The molecule has 0 saturated carbocycles. The first-order valence-corrected chi connectivity index (χ1v) is 9.33. The SMILES string of the molecule is CC=CC(C)(C(C)C)C1CC=C(C)C=C1c1nccc2ccccc12. The molecule has 130 valence electrons. The third-order valence-electron chi connectivity index (χ3n) is 5.90. The van der Waals surface area contributed by atoms with Crippen LogP contribution in [0.5, 0.6) is 0 Å². The molecule has 2 atom stereocenters. The smallest absolute Gasteiger partial charge is 0.0743 e. The van der Waals surface area contributed by atoms with E-state index in [2.05, 4.69) is 89.3 Å². The summed E-state index contributed by atoms with van der Waals surface area (Å²) in [6.45, 7) is 11.4. The van der Waals surface area contributed by atoms with Crippen LogP contribution in [0.1, 0.15) is 46.7 Å². The van der Waals surface area contributed by atoms with E-state index in [0.717, 1.165) is 12.1 Å². The van der Waals surface area contributed by atoms with Gasteiger partial charge in [-0.1, -0.05) is 74.9 Å². The third kappa shape index (κ3) is 3.20. The number of benzene rings is 1. The molecule has 0 aliphatic heterocycles. The number of rotatable bonds is 4. The number of nitrogens with zero attached hydrogens (tertiary/aromatic N) is 1. The molecular weight excluding hydrogens is 302 g/mol. The van der Waals surface area contributed by atoms with Gasteiger partial charge in [-0.25, -0.2) is 0 Å². The van der Waals surface area contributed by atoms with E-state index in [1.165, 1.54) is 21.9 Å². The molecule has 1 aromatic carbocycles. The fraction of sp³-hybridized carbons (Fsp3) is 0.375. The molecule has 0 amide bonds. The van der Waals surface area contributed by atoms with Gasteiger partial charge in [0, 0.05) is 11.6 Å². The molecule has 0 saturated heterocycles. The highest BCUT2D eigenvalue weighted by atomic mass is 14.7. The Hall–Kier alpha value is -2.15. The summed E-state index contributed by atoms with van der Waals surface area (Å²) in [6, 6.07) is 10.7. The first-order valence-electron chi connectivity index (χ1n) is 9.33. The van der Waals surface area contributed by atoms with Gasteiger partial charge in [0.25, 0.3) is 0 Å². The normalized spacial score (nSPS) is 20.6. The topological polar surface area (TPSA) is 12.9 Å². The Morgan fingerprint density at radius 2 is 1.96 bits per heavy atom. The van der Waals surface area contributed by atoms with E-state index in [4.69, 9.17) is 4.98 Å². The first-order chi connectivity index (χ1) is 12.0. The fourth-order valence-corrected chi connectivity index (χ4v) is 4.08. The second-order valence-electron chi connectivity index (χ2n) is 7.74. The highest BCUT2D eigenvalue weighted by Gasteiger charge is 2.38. The summed E-state index contributed by atoms with van der Waals surface area (Å²) in [4.78, 5) is 4.83. The fourth-order valence-electron chi connectivity index (χ4n) is 4.08. The Balaban J connectivity index is 2.21. The van der Waals surface area contributed by atoms with Crippen LogP contribution >= 0.6 is 0 Å². The molecule has 1 aliphatic carbocycles. The van der Waals surface area contributed by atoms with Crippen molar-refractivity contribution in [3.05, 3.63) is 72.1 Å². The summed E-state index contributed by atoms with van der Waals surface area (Å²) in [5.41, 5.74) is 3.97. The molecule has 0 fully saturated rings. The largest absolute Gasteiger partial charge is 0.256 e. The van der Waals surface area contributed by atoms with E-state index in [-0.39, 0.29) is 5.41 Å². The molecule has 25 heavy (non-hydrogen) atoms. The van der Waals surface area contributed by atoms with Gasteiger partial charge >= 0.3 is 0 Å². The van der Waals surface area contributed by atoms with Crippen LogP contribution in [0.25, 0.3) is 16.3 Å². The van der Waals surface area contributed by atoms with Crippen LogP contribution in [-0.2, 0) is 0 Å². The molecule has 0 radical (unpaired) electrons. The van der Waals surface area contributed by atoms with Crippen LogP contribution in [0, 0.1) is 17.3 Å². The molecule has 1 heteroatoms. The van der Waals surface area contributed by atoms with Gasteiger partial charge in [-0.2, -0.15) is 0 Å². The number of pyridine rings is 1. The van der Waals surface area contributed by atoms with Crippen molar-refractivity contribution in [2.24, 2.45) is 17.3 Å². The van der Waals surface area contributed by atoms with Crippen molar-refractivity contribution in [3.63, 3.8) is 0 Å². The zero-order valence-electron chi connectivity index (χ0n) is 16.1. The standard InChI is InChI=1S/C24H29N/c1-6-14-24(5,17(2)3)22-12-11-18(4)16-21(22)23-20-10-8-7-9-19(20)13-15-25-23/h6-11,13-17,22H,12H2,1-5H3. The van der Waals surface area contributed by atoms with Crippen molar-refractivity contribution >= 4 is 16.3 Å². The van der Waals surface area contributed by atoms with Gasteiger partial charge in [-0.3, -0.25) is 4.98 Å². The second kappa shape index (κ2) is 7.00. The summed E-state index contributed by atoms with van der Waals surface area (Å²) in [5.74, 6) is 0.990. The van der Waals surface area contributed by atoms with Crippen LogP contribution < -0.4 is 0 Å². The number of hydrogen-bond donors (Lipinski definition) is 0. The van der Waals surface area contributed by atoms with Gasteiger partial charge in [-0.05, 0) is 54.5 Å². The number of hydrogen-bond acceptors (Lipinski definition) is 1. The Morgan fingerprint density at radius 3 is 2.68 bits per heavy atom. The Bertz CT molecular complexity index is 848. The van der Waals surface area contributed by atoms with Crippen molar-refractivity contribution in [3.8, 4) is 0 Å². The van der Waals surface area contributed by atoms with Gasteiger partial charge in [0.1, 0.15) is 0 Å². The maximum Gasteiger partial charge on any atom is 0.0743 e. The van der Waals surface area contributed by atoms with Gasteiger partial charge in [0.15, 0.2) is 0 Å². The van der Waals surface area contributed by atoms with E-state index in [1.54, 1.807) is 0 Å². The molecule has 0 spiro atoms. The highest BCUT2D eigenvalue weighted by Crippen LogP contribution is 2.48. The average Bonchev–Trinajstić information content (AvgIpc) is 2.61. The predicted molar refractivity (Wildman–Crippen MR) is 109 cm³/mol. The average molecular weight is 332 g/mol. The van der Waals surface area contributed by atoms with Gasteiger partial charge in [0.05, 0.1) is 5.69 Å². The number of allylic oxidation sites excluding steroid dienone is 6. The van der Waals surface area contributed by atoms with E-state index >= 15 is 0 Å². The van der Waals surface area contributed by atoms with Crippen molar-refractivity contribution in [1.82, 2.24) is 4.98 Å². The maximum atomic E-state index is 4.83. The van der Waals surface area contributed by atoms with Crippen molar-refractivity contribution < 1.29 is 0 Å². The van der Waals surface area contributed by atoms with E-state index in [0.29, 0.717) is 11.8 Å². The minimum absolute atomic E-state index is 0.108. The molecule has 0 bridgehead atoms. The van der Waals surface area contributed by atoms with Crippen LogP contribution in [0.15, 0.2) is 66.4 Å². The molecule has 1 heterocycles. The lowest BCUT2D eigenvalue weighted by molar-refractivity contribution is 0.221. The molecule has 0 N–H and O–H groups in total. The molecular formula is C24H29N. The molecule has 3 rings (SSSR count). The zero-order chi connectivity index (χ0) is 18.0. The minimum atomic E-state index is 0.108. The summed E-state index contributed by atoms with van der Waals surface area (Å²) in [6.07, 6.45) is 12.4. The van der Waals surface area contributed by atoms with Crippen molar-refractivity contribution in [1.29, 1.82) is 0 Å². The summed E-state index contributed by atoms with van der Waals surface area (Å²) >= 11 is 0. The monoisotopic (exact) mass is 331 g/mol. The Morgan fingerprint density at radius 1 is 1.20 bits per heavy atom. The number of fused-ring (bicyclic) bond motifs is 1. The molecule has 1 aromatic heterocycles.